The van der Waals surface area contributed by atoms with Gasteiger partial charge in [0.1, 0.15) is 17.6 Å². The van der Waals surface area contributed by atoms with E-state index in [9.17, 15) is 9.18 Å². The van der Waals surface area contributed by atoms with Gasteiger partial charge in [-0.1, -0.05) is 22.0 Å². The van der Waals surface area contributed by atoms with Gasteiger partial charge in [-0.25, -0.2) is 9.37 Å². The number of hydrogen-bond acceptors (Lipinski definition) is 3. The molecule has 0 fully saturated rings. The van der Waals surface area contributed by atoms with Crippen LogP contribution in [0.3, 0.4) is 0 Å². The number of halogens is 2. The summed E-state index contributed by atoms with van der Waals surface area (Å²) in [7, 11) is 1.79. The molecule has 2 aromatic heterocycles. The number of nitrogens with one attached hydrogen (secondary N) is 1. The summed E-state index contributed by atoms with van der Waals surface area (Å²) in [4.78, 5) is 22.3. The highest BCUT2D eigenvalue weighted by Crippen LogP contribution is 2.43. The number of hydrogen-bond donors (Lipinski definition) is 1. The lowest BCUT2D eigenvalue weighted by Gasteiger charge is -2.26. The SMILES string of the molecule is Cc1c2c(nn1C)C(c1ccc(Br)cc1F)N(c1ccc3nc[nH]c3c1)C2=O. The number of anilines is 1. The van der Waals surface area contributed by atoms with Crippen LogP contribution in [0.1, 0.15) is 33.4 Å². The van der Waals surface area contributed by atoms with Crippen LogP contribution in [0.25, 0.3) is 11.0 Å². The van der Waals surface area contributed by atoms with Crippen molar-refractivity contribution in [2.75, 3.05) is 4.90 Å². The van der Waals surface area contributed by atoms with Crippen LogP contribution in [0.5, 0.6) is 0 Å². The molecule has 8 heteroatoms. The quantitative estimate of drug-likeness (QED) is 0.507. The van der Waals surface area contributed by atoms with Crippen molar-refractivity contribution in [2.24, 2.45) is 7.05 Å². The predicted molar refractivity (Wildman–Crippen MR) is 107 cm³/mol. The van der Waals surface area contributed by atoms with Crippen molar-refractivity contribution < 1.29 is 9.18 Å². The van der Waals surface area contributed by atoms with Crippen LogP contribution in [0, 0.1) is 12.7 Å². The molecule has 0 spiro atoms. The lowest BCUT2D eigenvalue weighted by molar-refractivity contribution is 0.0992. The Morgan fingerprint density at radius 2 is 2.04 bits per heavy atom. The third kappa shape index (κ3) is 2.34. The van der Waals surface area contributed by atoms with Gasteiger partial charge in [0.2, 0.25) is 0 Å². The zero-order valence-corrected chi connectivity index (χ0v) is 16.7. The zero-order valence-electron chi connectivity index (χ0n) is 15.1. The Morgan fingerprint density at radius 3 is 2.82 bits per heavy atom. The number of fused-ring (bicyclic) bond motifs is 2. The summed E-state index contributed by atoms with van der Waals surface area (Å²) in [5.41, 5.74) is 4.52. The number of carbonyl (C=O) groups is 1. The van der Waals surface area contributed by atoms with Crippen LogP contribution in [0.2, 0.25) is 0 Å². The number of aromatic nitrogens is 4. The van der Waals surface area contributed by atoms with Crippen molar-refractivity contribution in [3.05, 3.63) is 75.5 Å². The Bertz CT molecular complexity index is 1260. The average molecular weight is 440 g/mol. The van der Waals surface area contributed by atoms with E-state index in [4.69, 9.17) is 0 Å². The first kappa shape index (κ1) is 17.1. The monoisotopic (exact) mass is 439 g/mol. The number of rotatable bonds is 2. The molecular formula is C20H15BrFN5O. The van der Waals surface area contributed by atoms with Crippen LogP contribution in [-0.2, 0) is 7.05 Å². The molecule has 0 radical (unpaired) electrons. The minimum atomic E-state index is -0.643. The van der Waals surface area contributed by atoms with E-state index in [1.165, 1.54) is 6.07 Å². The molecule has 28 heavy (non-hydrogen) atoms. The molecule has 3 heterocycles. The van der Waals surface area contributed by atoms with E-state index in [-0.39, 0.29) is 5.91 Å². The normalized spacial score (nSPS) is 16.2. The standard InChI is InChI=1S/C20H15BrFN5O/c1-10-17-18(25-26(10)2)19(13-5-3-11(21)7-14(13)22)27(20(17)28)12-4-6-15-16(8-12)24-9-23-15/h3-9,19H,1-2H3,(H,23,24). The third-order valence-electron chi connectivity index (χ3n) is 5.25. The highest BCUT2D eigenvalue weighted by atomic mass is 79.9. The second-order valence-corrected chi connectivity index (χ2v) is 7.73. The van der Waals surface area contributed by atoms with E-state index in [0.717, 1.165) is 16.7 Å². The summed E-state index contributed by atoms with van der Waals surface area (Å²) in [6, 6.07) is 9.75. The van der Waals surface area contributed by atoms with Gasteiger partial charge >= 0.3 is 0 Å². The van der Waals surface area contributed by atoms with Crippen LogP contribution in [0.15, 0.2) is 47.2 Å². The number of H-pyrrole nitrogens is 1. The fourth-order valence-corrected chi connectivity index (χ4v) is 4.13. The van der Waals surface area contributed by atoms with Crippen LogP contribution in [-0.4, -0.2) is 25.7 Å². The lowest BCUT2D eigenvalue weighted by atomic mass is 10.0. The Labute approximate surface area is 168 Å². The summed E-state index contributed by atoms with van der Waals surface area (Å²) in [6.07, 6.45) is 1.60. The first-order valence-electron chi connectivity index (χ1n) is 8.71. The third-order valence-corrected chi connectivity index (χ3v) is 5.74. The largest absolute Gasteiger partial charge is 0.345 e. The highest BCUT2D eigenvalue weighted by Gasteiger charge is 2.44. The van der Waals surface area contributed by atoms with Gasteiger partial charge in [-0.3, -0.25) is 14.4 Å². The van der Waals surface area contributed by atoms with Gasteiger partial charge in [0.25, 0.3) is 5.91 Å². The van der Waals surface area contributed by atoms with Gasteiger partial charge in [-0.15, -0.1) is 0 Å². The van der Waals surface area contributed by atoms with E-state index < -0.39 is 11.9 Å². The van der Waals surface area contributed by atoms with E-state index in [2.05, 4.69) is 31.0 Å². The minimum Gasteiger partial charge on any atom is -0.345 e. The van der Waals surface area contributed by atoms with E-state index in [1.54, 1.807) is 35.1 Å². The van der Waals surface area contributed by atoms with Gasteiger partial charge in [-0.2, -0.15) is 5.10 Å². The van der Waals surface area contributed by atoms with Crippen molar-refractivity contribution in [1.82, 2.24) is 19.7 Å². The summed E-state index contributed by atoms with van der Waals surface area (Å²) in [5.74, 6) is -0.581. The van der Waals surface area contributed by atoms with Gasteiger partial charge in [0.15, 0.2) is 0 Å². The van der Waals surface area contributed by atoms with E-state index in [0.29, 0.717) is 27.0 Å². The second-order valence-electron chi connectivity index (χ2n) is 6.82. The number of benzene rings is 2. The molecule has 1 atom stereocenters. The van der Waals surface area contributed by atoms with Crippen molar-refractivity contribution >= 4 is 38.6 Å². The van der Waals surface area contributed by atoms with Gasteiger partial charge in [0.05, 0.1) is 22.9 Å². The maximum atomic E-state index is 14.9. The van der Waals surface area contributed by atoms with Crippen LogP contribution < -0.4 is 4.90 Å². The smallest absolute Gasteiger partial charge is 0.263 e. The number of aryl methyl sites for hydroxylation is 1. The molecule has 140 valence electrons. The Balaban J connectivity index is 1.75. The molecule has 0 bridgehead atoms. The highest BCUT2D eigenvalue weighted by molar-refractivity contribution is 9.10. The molecule has 0 saturated heterocycles. The number of imidazole rings is 1. The van der Waals surface area contributed by atoms with Gasteiger partial charge in [-0.05, 0) is 37.3 Å². The summed E-state index contributed by atoms with van der Waals surface area (Å²) in [6.45, 7) is 1.85. The number of carbonyl (C=O) groups excluding carboxylic acids is 1. The molecule has 6 nitrogen and oxygen atoms in total. The predicted octanol–water partition coefficient (Wildman–Crippen LogP) is 4.26. The van der Waals surface area contributed by atoms with Crippen molar-refractivity contribution in [2.45, 2.75) is 13.0 Å². The summed E-state index contributed by atoms with van der Waals surface area (Å²) in [5, 5.41) is 4.55. The zero-order chi connectivity index (χ0) is 19.6. The fourth-order valence-electron chi connectivity index (χ4n) is 3.80. The fraction of sp³-hybridized carbons (Fsp3) is 0.150. The van der Waals surface area contributed by atoms with Crippen molar-refractivity contribution in [3.63, 3.8) is 0 Å². The number of amides is 1. The molecule has 0 saturated carbocycles. The number of nitrogens with zero attached hydrogens (tertiary/aromatic N) is 4. The molecule has 1 amide bonds. The van der Waals surface area contributed by atoms with E-state index in [1.807, 2.05) is 25.1 Å². The molecule has 4 aromatic rings. The molecule has 1 aliphatic rings. The average Bonchev–Trinajstić information content (AvgIpc) is 3.31. The van der Waals surface area contributed by atoms with Crippen molar-refractivity contribution in [1.29, 1.82) is 0 Å². The first-order valence-corrected chi connectivity index (χ1v) is 9.50. The molecular weight excluding hydrogens is 425 g/mol. The Kier molecular flexibility index (Phi) is 3.67. The van der Waals surface area contributed by atoms with Crippen LogP contribution in [0.4, 0.5) is 10.1 Å². The molecule has 5 rings (SSSR count). The maximum absolute atomic E-state index is 14.9. The molecule has 1 N–H and O–H groups in total. The molecule has 1 aliphatic heterocycles. The summed E-state index contributed by atoms with van der Waals surface area (Å²) < 4.78 is 17.2. The van der Waals surface area contributed by atoms with Gasteiger partial charge in [0, 0.05) is 28.5 Å². The number of aromatic amines is 1. The summed E-state index contributed by atoms with van der Waals surface area (Å²) >= 11 is 3.30. The first-order chi connectivity index (χ1) is 13.5. The van der Waals surface area contributed by atoms with E-state index >= 15 is 0 Å². The molecule has 1 unspecified atom stereocenters. The molecule has 2 aromatic carbocycles. The minimum absolute atomic E-state index is 0.188. The molecule has 0 aliphatic carbocycles. The second kappa shape index (κ2) is 6.00. The maximum Gasteiger partial charge on any atom is 0.263 e. The van der Waals surface area contributed by atoms with Gasteiger partial charge < -0.3 is 4.98 Å². The van der Waals surface area contributed by atoms with Crippen LogP contribution >= 0.6 is 15.9 Å². The topological polar surface area (TPSA) is 66.8 Å². The Hall–Kier alpha value is -3.00. The Morgan fingerprint density at radius 1 is 1.21 bits per heavy atom. The van der Waals surface area contributed by atoms with Crippen molar-refractivity contribution in [3.8, 4) is 0 Å². The lowest BCUT2D eigenvalue weighted by Crippen LogP contribution is -2.30.